The number of nitrogens with zero attached hydrogens (tertiary/aromatic N) is 2. The summed E-state index contributed by atoms with van der Waals surface area (Å²) in [4.78, 5) is 19.4. The number of aromatic nitrogens is 1. The molecule has 0 unspecified atom stereocenters. The van der Waals surface area contributed by atoms with Crippen LogP contribution in [0.3, 0.4) is 0 Å². The van der Waals surface area contributed by atoms with Crippen LogP contribution in [0.2, 0.25) is 0 Å². The Morgan fingerprint density at radius 3 is 2.41 bits per heavy atom. The molecule has 1 amide bonds. The zero-order valence-electron chi connectivity index (χ0n) is 20.6. The molecular formula is C27H27F4N3O3. The van der Waals surface area contributed by atoms with Crippen LogP contribution < -0.4 is 15.0 Å². The Hall–Kier alpha value is -3.66. The van der Waals surface area contributed by atoms with Crippen molar-refractivity contribution in [1.29, 1.82) is 0 Å². The molecule has 1 atom stereocenters. The first kappa shape index (κ1) is 26.4. The number of alkyl halides is 3. The third-order valence-corrected chi connectivity index (χ3v) is 6.01. The maximum atomic E-state index is 14.7. The summed E-state index contributed by atoms with van der Waals surface area (Å²) in [5.74, 6) is -0.857. The zero-order chi connectivity index (χ0) is 27.0. The fourth-order valence-electron chi connectivity index (χ4n) is 4.10. The van der Waals surface area contributed by atoms with Gasteiger partial charge < -0.3 is 20.1 Å². The summed E-state index contributed by atoms with van der Waals surface area (Å²) in [5.41, 5.74) is 1.94. The molecule has 0 radical (unpaired) electrons. The largest absolute Gasteiger partial charge is 0.573 e. The third-order valence-electron chi connectivity index (χ3n) is 6.01. The van der Waals surface area contributed by atoms with Crippen molar-refractivity contribution in [3.05, 3.63) is 71.7 Å². The first-order valence-corrected chi connectivity index (χ1v) is 11.7. The number of carbonyl (C=O) groups is 1. The number of hydrogen-bond donors (Lipinski definition) is 2. The molecule has 1 saturated heterocycles. The number of nitrogens with one attached hydrogen (secondary N) is 1. The highest BCUT2D eigenvalue weighted by Crippen LogP contribution is 2.35. The van der Waals surface area contributed by atoms with Gasteiger partial charge in [0.15, 0.2) is 0 Å². The van der Waals surface area contributed by atoms with Gasteiger partial charge in [0.05, 0.1) is 11.7 Å². The number of hydrogen-bond acceptors (Lipinski definition) is 5. The maximum absolute atomic E-state index is 14.7. The number of anilines is 2. The molecule has 0 bridgehead atoms. The molecule has 0 spiro atoms. The first-order valence-electron chi connectivity index (χ1n) is 11.7. The summed E-state index contributed by atoms with van der Waals surface area (Å²) in [6.45, 7) is 6.82. The van der Waals surface area contributed by atoms with Crippen LogP contribution in [0.1, 0.15) is 43.1 Å². The maximum Gasteiger partial charge on any atom is 0.573 e. The van der Waals surface area contributed by atoms with E-state index in [0.29, 0.717) is 36.5 Å². The average molecular weight is 518 g/mol. The van der Waals surface area contributed by atoms with Gasteiger partial charge in [0.2, 0.25) is 0 Å². The van der Waals surface area contributed by atoms with E-state index in [9.17, 15) is 27.5 Å². The summed E-state index contributed by atoms with van der Waals surface area (Å²) in [7, 11) is 0. The van der Waals surface area contributed by atoms with Gasteiger partial charge in [-0.2, -0.15) is 0 Å². The van der Waals surface area contributed by atoms with E-state index in [0.717, 1.165) is 17.7 Å². The number of aliphatic hydroxyl groups excluding tert-OH is 1. The number of aliphatic hydroxyl groups is 1. The number of rotatable bonds is 5. The highest BCUT2D eigenvalue weighted by atomic mass is 19.4. The molecule has 2 aromatic carbocycles. The summed E-state index contributed by atoms with van der Waals surface area (Å²) in [6.07, 6.45) is -3.39. The fraction of sp³-hybridized carbons (Fsp3) is 0.333. The quantitative estimate of drug-likeness (QED) is 0.412. The van der Waals surface area contributed by atoms with E-state index in [1.165, 1.54) is 30.5 Å². The van der Waals surface area contributed by atoms with Crippen LogP contribution in [-0.2, 0) is 5.41 Å². The minimum absolute atomic E-state index is 0.177. The van der Waals surface area contributed by atoms with Gasteiger partial charge in [0.25, 0.3) is 5.91 Å². The molecule has 3 aromatic rings. The number of ether oxygens (including phenoxy) is 1. The summed E-state index contributed by atoms with van der Waals surface area (Å²) < 4.78 is 55.7. The number of halogens is 4. The smallest absolute Gasteiger partial charge is 0.406 e. The normalized spacial score (nSPS) is 16.1. The summed E-state index contributed by atoms with van der Waals surface area (Å²) in [5, 5.41) is 12.7. The Morgan fingerprint density at radius 2 is 1.81 bits per heavy atom. The van der Waals surface area contributed by atoms with Gasteiger partial charge in [-0.15, -0.1) is 13.2 Å². The average Bonchev–Trinajstić information content (AvgIpc) is 3.24. The first-order chi connectivity index (χ1) is 17.3. The van der Waals surface area contributed by atoms with Crippen molar-refractivity contribution < 1.29 is 32.2 Å². The Labute approximate surface area is 211 Å². The molecule has 2 N–H and O–H groups in total. The van der Waals surface area contributed by atoms with Crippen molar-refractivity contribution in [2.24, 2.45) is 0 Å². The van der Waals surface area contributed by atoms with Crippen LogP contribution in [-0.4, -0.2) is 41.6 Å². The SMILES string of the molecule is CC(C)(C)c1cc(F)cc(-c2cc(C(=O)Nc3ccc(OC(F)(F)F)cc3)cnc2N2CC[C@@H](O)C2)c1. The van der Waals surface area contributed by atoms with Gasteiger partial charge in [0, 0.05) is 30.5 Å². The second-order valence-electron chi connectivity index (χ2n) is 9.99. The number of carbonyl (C=O) groups excluding carboxylic acids is 1. The van der Waals surface area contributed by atoms with Crippen molar-refractivity contribution in [2.75, 3.05) is 23.3 Å². The molecule has 1 aliphatic rings. The van der Waals surface area contributed by atoms with Crippen LogP contribution in [0, 0.1) is 5.82 Å². The van der Waals surface area contributed by atoms with Gasteiger partial charge in [-0.1, -0.05) is 26.8 Å². The number of pyridine rings is 1. The Balaban J connectivity index is 1.68. The molecule has 196 valence electrons. The summed E-state index contributed by atoms with van der Waals surface area (Å²) in [6, 6.07) is 11.1. The van der Waals surface area contributed by atoms with E-state index in [2.05, 4.69) is 15.0 Å². The third kappa shape index (κ3) is 6.56. The molecule has 0 saturated carbocycles. The topological polar surface area (TPSA) is 74.7 Å². The minimum Gasteiger partial charge on any atom is -0.406 e. The Kier molecular flexibility index (Phi) is 7.14. The predicted molar refractivity (Wildman–Crippen MR) is 132 cm³/mol. The van der Waals surface area contributed by atoms with Crippen molar-refractivity contribution in [1.82, 2.24) is 4.98 Å². The van der Waals surface area contributed by atoms with Crippen LogP contribution in [0.4, 0.5) is 29.1 Å². The lowest BCUT2D eigenvalue weighted by Gasteiger charge is -2.23. The highest BCUT2D eigenvalue weighted by molar-refractivity contribution is 6.05. The lowest BCUT2D eigenvalue weighted by atomic mass is 9.85. The van der Waals surface area contributed by atoms with Crippen LogP contribution >= 0.6 is 0 Å². The van der Waals surface area contributed by atoms with Gasteiger partial charge in [-0.3, -0.25) is 4.79 Å². The van der Waals surface area contributed by atoms with E-state index < -0.39 is 29.9 Å². The summed E-state index contributed by atoms with van der Waals surface area (Å²) >= 11 is 0. The van der Waals surface area contributed by atoms with Gasteiger partial charge >= 0.3 is 6.36 Å². The van der Waals surface area contributed by atoms with Crippen LogP contribution in [0.5, 0.6) is 5.75 Å². The molecule has 2 heterocycles. The molecule has 0 aliphatic carbocycles. The predicted octanol–water partition coefficient (Wildman–Crippen LogP) is 5.91. The molecule has 37 heavy (non-hydrogen) atoms. The monoisotopic (exact) mass is 517 g/mol. The molecule has 4 rings (SSSR count). The van der Waals surface area contributed by atoms with Crippen molar-refractivity contribution in [2.45, 2.75) is 45.1 Å². The van der Waals surface area contributed by atoms with E-state index in [1.807, 2.05) is 31.7 Å². The van der Waals surface area contributed by atoms with E-state index in [4.69, 9.17) is 0 Å². The zero-order valence-corrected chi connectivity index (χ0v) is 20.6. The molecule has 1 aliphatic heterocycles. The lowest BCUT2D eigenvalue weighted by Crippen LogP contribution is -2.23. The fourth-order valence-corrected chi connectivity index (χ4v) is 4.10. The van der Waals surface area contributed by atoms with Gasteiger partial charge in [0.1, 0.15) is 17.4 Å². The lowest BCUT2D eigenvalue weighted by molar-refractivity contribution is -0.274. The van der Waals surface area contributed by atoms with Crippen molar-refractivity contribution in [3.8, 4) is 16.9 Å². The Bertz CT molecular complexity index is 1290. The minimum atomic E-state index is -4.82. The molecular weight excluding hydrogens is 490 g/mol. The van der Waals surface area contributed by atoms with Gasteiger partial charge in [-0.25, -0.2) is 9.37 Å². The molecule has 1 aromatic heterocycles. The van der Waals surface area contributed by atoms with Crippen molar-refractivity contribution >= 4 is 17.4 Å². The van der Waals surface area contributed by atoms with E-state index in [-0.39, 0.29) is 16.7 Å². The second-order valence-corrected chi connectivity index (χ2v) is 9.99. The molecule has 6 nitrogen and oxygen atoms in total. The number of benzene rings is 2. The van der Waals surface area contributed by atoms with E-state index >= 15 is 0 Å². The standard InChI is InChI=1S/C27H27F4N3O3/c1-26(2,3)18-10-16(11-19(28)13-18)23-12-17(14-32-24(23)34-9-8-21(35)15-34)25(36)33-20-4-6-22(7-5-20)37-27(29,30)31/h4-7,10-14,21,35H,8-9,15H2,1-3H3,(H,33,36)/t21-/m1/s1. The van der Waals surface area contributed by atoms with Crippen molar-refractivity contribution in [3.63, 3.8) is 0 Å². The van der Waals surface area contributed by atoms with E-state index in [1.54, 1.807) is 6.07 Å². The number of β-amino-alcohol motifs (C(OH)–C–C–N with tert-alkyl or cyclic N) is 1. The molecule has 10 heteroatoms. The molecule has 1 fully saturated rings. The number of amides is 1. The van der Waals surface area contributed by atoms with Crippen LogP contribution in [0.15, 0.2) is 54.7 Å². The Morgan fingerprint density at radius 1 is 1.11 bits per heavy atom. The highest BCUT2D eigenvalue weighted by Gasteiger charge is 2.31. The van der Waals surface area contributed by atoms with Crippen LogP contribution in [0.25, 0.3) is 11.1 Å². The second kappa shape index (κ2) is 10.0. The van der Waals surface area contributed by atoms with Gasteiger partial charge in [-0.05, 0) is 65.4 Å².